The van der Waals surface area contributed by atoms with E-state index in [-0.39, 0.29) is 18.4 Å². The van der Waals surface area contributed by atoms with Gasteiger partial charge in [0, 0.05) is 41.7 Å². The Morgan fingerprint density at radius 3 is 3.00 bits per heavy atom. The van der Waals surface area contributed by atoms with Crippen LogP contribution in [0.5, 0.6) is 0 Å². The summed E-state index contributed by atoms with van der Waals surface area (Å²) < 4.78 is 20.6. The highest BCUT2D eigenvalue weighted by molar-refractivity contribution is 7.93. The second kappa shape index (κ2) is 6.41. The highest BCUT2D eigenvalue weighted by Gasteiger charge is 2.17. The van der Waals surface area contributed by atoms with Crippen molar-refractivity contribution in [3.05, 3.63) is 42.4 Å². The number of aromatic nitrogens is 3. The van der Waals surface area contributed by atoms with Gasteiger partial charge in [-0.3, -0.25) is 8.96 Å². The molecule has 124 valence electrons. The Balaban J connectivity index is 1.76. The van der Waals surface area contributed by atoms with Crippen LogP contribution in [-0.2, 0) is 4.74 Å². The van der Waals surface area contributed by atoms with Gasteiger partial charge in [-0.05, 0) is 31.5 Å². The number of anilines is 1. The third-order valence-electron chi connectivity index (χ3n) is 4.18. The zero-order valence-electron chi connectivity index (χ0n) is 13.2. The van der Waals surface area contributed by atoms with Crippen LogP contribution in [0.3, 0.4) is 0 Å². The molecule has 3 aromatic rings. The molecule has 1 saturated heterocycles. The first-order valence-corrected chi connectivity index (χ1v) is 8.50. The quantitative estimate of drug-likeness (QED) is 0.776. The van der Waals surface area contributed by atoms with Crippen LogP contribution in [0.25, 0.3) is 22.2 Å². The van der Waals surface area contributed by atoms with Crippen molar-refractivity contribution in [3.8, 4) is 11.3 Å². The maximum atomic E-state index is 13.7. The maximum Gasteiger partial charge on any atom is 0.170 e. The van der Waals surface area contributed by atoms with Gasteiger partial charge in [-0.25, -0.2) is 4.98 Å². The SMILES string of the molecule is Cc1cc(-c2cc3cnc(NC4CCOC4)cc3n2SF)ccn1. The Kier molecular flexibility index (Phi) is 4.12. The molecule has 1 aliphatic heterocycles. The molecule has 4 rings (SSSR count). The van der Waals surface area contributed by atoms with E-state index < -0.39 is 0 Å². The molecule has 0 radical (unpaired) electrons. The van der Waals surface area contributed by atoms with E-state index in [1.807, 2.05) is 31.2 Å². The minimum absolute atomic E-state index is 0.200. The fourth-order valence-electron chi connectivity index (χ4n) is 2.99. The van der Waals surface area contributed by atoms with Crippen LogP contribution < -0.4 is 5.32 Å². The van der Waals surface area contributed by atoms with Crippen LogP contribution >= 0.6 is 12.3 Å². The molecule has 1 N–H and O–H groups in total. The fourth-order valence-corrected chi connectivity index (χ4v) is 3.46. The van der Waals surface area contributed by atoms with Crippen LogP contribution in [0, 0.1) is 6.92 Å². The Morgan fingerprint density at radius 2 is 2.25 bits per heavy atom. The largest absolute Gasteiger partial charge is 0.379 e. The summed E-state index contributed by atoms with van der Waals surface area (Å²) >= 11 is 0.200. The summed E-state index contributed by atoms with van der Waals surface area (Å²) in [5.41, 5.74) is 3.42. The topological polar surface area (TPSA) is 52.0 Å². The van der Waals surface area contributed by atoms with Gasteiger partial charge in [-0.2, -0.15) is 0 Å². The number of halogens is 1. The van der Waals surface area contributed by atoms with Crippen LogP contribution in [0.1, 0.15) is 12.1 Å². The van der Waals surface area contributed by atoms with E-state index in [1.165, 1.54) is 0 Å². The van der Waals surface area contributed by atoms with Gasteiger partial charge < -0.3 is 10.1 Å². The van der Waals surface area contributed by atoms with Crippen LogP contribution in [0.15, 0.2) is 36.7 Å². The number of hydrogen-bond donors (Lipinski definition) is 1. The third kappa shape index (κ3) is 2.85. The average molecular weight is 344 g/mol. The van der Waals surface area contributed by atoms with Gasteiger partial charge in [-0.1, -0.05) is 0 Å². The van der Waals surface area contributed by atoms with Gasteiger partial charge in [0.1, 0.15) is 5.82 Å². The van der Waals surface area contributed by atoms with E-state index in [9.17, 15) is 3.89 Å². The number of rotatable bonds is 4. The molecule has 0 amide bonds. The van der Waals surface area contributed by atoms with E-state index in [0.717, 1.165) is 46.7 Å². The summed E-state index contributed by atoms with van der Waals surface area (Å²) in [4.78, 5) is 8.65. The summed E-state index contributed by atoms with van der Waals surface area (Å²) in [5.74, 6) is 0.740. The molecule has 1 fully saturated rings. The van der Waals surface area contributed by atoms with Crippen molar-refractivity contribution in [2.45, 2.75) is 19.4 Å². The number of ether oxygens (including phenoxy) is 1. The minimum atomic E-state index is 0.200. The Bertz CT molecular complexity index is 876. The van der Waals surface area contributed by atoms with E-state index in [4.69, 9.17) is 4.74 Å². The van der Waals surface area contributed by atoms with Gasteiger partial charge >= 0.3 is 0 Å². The second-order valence-electron chi connectivity index (χ2n) is 5.91. The predicted molar refractivity (Wildman–Crippen MR) is 94.6 cm³/mol. The van der Waals surface area contributed by atoms with Crippen molar-refractivity contribution in [3.63, 3.8) is 0 Å². The molecule has 7 heteroatoms. The number of pyridine rings is 2. The molecular weight excluding hydrogens is 327 g/mol. The first-order valence-electron chi connectivity index (χ1n) is 7.82. The third-order valence-corrected chi connectivity index (χ3v) is 4.72. The minimum Gasteiger partial charge on any atom is -0.379 e. The van der Waals surface area contributed by atoms with Gasteiger partial charge in [0.2, 0.25) is 0 Å². The molecular formula is C17H17FN4OS. The molecule has 5 nitrogen and oxygen atoms in total. The standard InChI is InChI=1S/C17H17FN4OS/c1-11-6-12(2-4-19-11)15-7-13-9-20-17(8-16(13)22(15)24-18)21-14-3-5-23-10-14/h2,4,6-9,14H,3,5,10H2,1H3,(H,20,21). The van der Waals surface area contributed by atoms with Crippen molar-refractivity contribution in [2.24, 2.45) is 0 Å². The van der Waals surface area contributed by atoms with Gasteiger partial charge in [-0.15, -0.1) is 3.89 Å². The summed E-state index contributed by atoms with van der Waals surface area (Å²) in [7, 11) is 0. The van der Waals surface area contributed by atoms with Crippen molar-refractivity contribution in [1.82, 2.24) is 13.9 Å². The smallest absolute Gasteiger partial charge is 0.170 e. The van der Waals surface area contributed by atoms with E-state index in [2.05, 4.69) is 15.3 Å². The van der Waals surface area contributed by atoms with Gasteiger partial charge in [0.25, 0.3) is 0 Å². The fraction of sp³-hybridized carbons (Fsp3) is 0.294. The molecule has 1 aliphatic rings. The lowest BCUT2D eigenvalue weighted by molar-refractivity contribution is 0.195. The summed E-state index contributed by atoms with van der Waals surface area (Å²) in [5, 5.41) is 4.25. The Morgan fingerprint density at radius 1 is 1.33 bits per heavy atom. The number of hydrogen-bond acceptors (Lipinski definition) is 5. The van der Waals surface area contributed by atoms with Crippen LogP contribution in [0.4, 0.5) is 9.70 Å². The van der Waals surface area contributed by atoms with E-state index in [0.29, 0.717) is 6.61 Å². The molecule has 1 atom stereocenters. The lowest BCUT2D eigenvalue weighted by atomic mass is 10.1. The van der Waals surface area contributed by atoms with Crippen molar-refractivity contribution in [2.75, 3.05) is 18.5 Å². The second-order valence-corrected chi connectivity index (χ2v) is 6.42. The van der Waals surface area contributed by atoms with Gasteiger partial charge in [0.05, 0.1) is 23.9 Å². The summed E-state index contributed by atoms with van der Waals surface area (Å²) in [6.45, 7) is 3.37. The van der Waals surface area contributed by atoms with Crippen LogP contribution in [0.2, 0.25) is 0 Å². The van der Waals surface area contributed by atoms with Gasteiger partial charge in [0.15, 0.2) is 12.3 Å². The predicted octanol–water partition coefficient (Wildman–Crippen LogP) is 3.99. The first kappa shape index (κ1) is 15.4. The molecule has 0 saturated carbocycles. The highest BCUT2D eigenvalue weighted by Crippen LogP contribution is 2.33. The summed E-state index contributed by atoms with van der Waals surface area (Å²) in [6.07, 6.45) is 4.47. The molecule has 0 spiro atoms. The highest BCUT2D eigenvalue weighted by atomic mass is 32.2. The van der Waals surface area contributed by atoms with E-state index >= 15 is 0 Å². The first-order chi connectivity index (χ1) is 11.7. The molecule has 3 aromatic heterocycles. The van der Waals surface area contributed by atoms with Crippen LogP contribution in [-0.4, -0.2) is 33.2 Å². The molecule has 4 heterocycles. The number of nitrogens with zero attached hydrogens (tertiary/aromatic N) is 3. The zero-order valence-corrected chi connectivity index (χ0v) is 14.0. The zero-order chi connectivity index (χ0) is 16.5. The Labute approximate surface area is 143 Å². The number of fused-ring (bicyclic) bond motifs is 1. The Hall–Kier alpha value is -2.12. The maximum absolute atomic E-state index is 13.7. The van der Waals surface area contributed by atoms with E-state index in [1.54, 1.807) is 16.4 Å². The monoisotopic (exact) mass is 344 g/mol. The van der Waals surface area contributed by atoms with Crippen molar-refractivity contribution in [1.29, 1.82) is 0 Å². The molecule has 24 heavy (non-hydrogen) atoms. The number of nitrogens with one attached hydrogen (secondary N) is 1. The molecule has 1 unspecified atom stereocenters. The average Bonchev–Trinajstić information content (AvgIpc) is 3.21. The molecule has 0 aromatic carbocycles. The lowest BCUT2D eigenvalue weighted by Gasteiger charge is -2.11. The number of aryl methyl sites for hydroxylation is 1. The van der Waals surface area contributed by atoms with Crippen molar-refractivity contribution >= 4 is 29.1 Å². The molecule has 0 aliphatic carbocycles. The summed E-state index contributed by atoms with van der Waals surface area (Å²) in [6, 6.07) is 7.93. The normalized spacial score (nSPS) is 17.5. The van der Waals surface area contributed by atoms with Crippen molar-refractivity contribution < 1.29 is 8.62 Å². The lowest BCUT2D eigenvalue weighted by Crippen LogP contribution is -2.19. The molecule has 0 bridgehead atoms.